The molecule has 1 atom stereocenters. The third-order valence-corrected chi connectivity index (χ3v) is 5.20. The molecule has 5 nitrogen and oxygen atoms in total. The van der Waals surface area contributed by atoms with E-state index in [9.17, 15) is 18.3 Å². The molecule has 1 aliphatic heterocycles. The van der Waals surface area contributed by atoms with Gasteiger partial charge in [0.15, 0.2) is 5.60 Å². The quantitative estimate of drug-likeness (QED) is 0.911. The fraction of sp³-hybridized carbons (Fsp3) is 0.600. The van der Waals surface area contributed by atoms with Crippen molar-refractivity contribution in [1.29, 1.82) is 0 Å². The third-order valence-electron chi connectivity index (χ3n) is 4.25. The second kappa shape index (κ2) is 6.12. The van der Waals surface area contributed by atoms with E-state index >= 15 is 0 Å². The second-order valence-corrected chi connectivity index (χ2v) is 7.54. The van der Waals surface area contributed by atoms with Gasteiger partial charge in [0, 0.05) is 37.6 Å². The molecule has 24 heavy (non-hydrogen) atoms. The van der Waals surface area contributed by atoms with Crippen LogP contribution in [0.5, 0.6) is 0 Å². The first kappa shape index (κ1) is 17.4. The van der Waals surface area contributed by atoms with E-state index in [1.54, 1.807) is 16.2 Å². The van der Waals surface area contributed by atoms with Gasteiger partial charge in [-0.15, -0.1) is 11.3 Å². The number of piperazine rings is 1. The summed E-state index contributed by atoms with van der Waals surface area (Å²) in [6, 6.07) is 2.04. The first-order valence-corrected chi connectivity index (χ1v) is 8.46. The van der Waals surface area contributed by atoms with Gasteiger partial charge in [0.2, 0.25) is 0 Å². The molecule has 1 unspecified atom stereocenters. The molecule has 0 saturated carbocycles. The highest BCUT2D eigenvalue weighted by atomic mass is 32.1. The lowest BCUT2D eigenvalue weighted by Gasteiger charge is -2.39. The second-order valence-electron chi connectivity index (χ2n) is 6.31. The Morgan fingerprint density at radius 2 is 1.88 bits per heavy atom. The van der Waals surface area contributed by atoms with Crippen LogP contribution in [-0.2, 0) is 0 Å². The van der Waals surface area contributed by atoms with Gasteiger partial charge < -0.3 is 10.0 Å². The van der Waals surface area contributed by atoms with Crippen molar-refractivity contribution in [3.8, 4) is 0 Å². The van der Waals surface area contributed by atoms with Crippen LogP contribution in [0.25, 0.3) is 10.2 Å². The van der Waals surface area contributed by atoms with Gasteiger partial charge in [0.25, 0.3) is 0 Å². The molecular formula is C15H19F3N4OS. The molecule has 1 N–H and O–H groups in total. The Bertz CT molecular complexity index is 723. The average Bonchev–Trinajstić information content (AvgIpc) is 2.86. The first-order chi connectivity index (χ1) is 11.2. The zero-order valence-electron chi connectivity index (χ0n) is 13.5. The molecule has 0 radical (unpaired) electrons. The number of rotatable bonds is 3. The molecule has 0 spiro atoms. The number of alkyl halides is 3. The van der Waals surface area contributed by atoms with Crippen LogP contribution in [0.4, 0.5) is 19.0 Å². The lowest BCUT2D eigenvalue weighted by Crippen LogP contribution is -2.56. The van der Waals surface area contributed by atoms with Crippen LogP contribution in [0, 0.1) is 6.92 Å². The van der Waals surface area contributed by atoms with E-state index in [4.69, 9.17) is 0 Å². The minimum absolute atomic E-state index is 0.416. The van der Waals surface area contributed by atoms with Crippen LogP contribution in [0.3, 0.4) is 0 Å². The van der Waals surface area contributed by atoms with Gasteiger partial charge in [-0.1, -0.05) is 0 Å². The number of β-amino-alcohol motifs (C(OH)–C–C–N with tert-alkyl or cyclic N) is 1. The SMILES string of the molecule is Cc1cc2c(N3CCN(CC(C)(O)C(F)(F)F)CC3)ncnc2s1. The van der Waals surface area contributed by atoms with Gasteiger partial charge in [-0.2, -0.15) is 13.2 Å². The normalized spacial score (nSPS) is 19.7. The summed E-state index contributed by atoms with van der Waals surface area (Å²) in [4.78, 5) is 14.4. The Morgan fingerprint density at radius 3 is 2.50 bits per heavy atom. The van der Waals surface area contributed by atoms with Crippen LogP contribution < -0.4 is 4.90 Å². The Labute approximate surface area is 141 Å². The van der Waals surface area contributed by atoms with Crippen LogP contribution in [0.15, 0.2) is 12.4 Å². The highest BCUT2D eigenvalue weighted by Crippen LogP contribution is 2.32. The fourth-order valence-electron chi connectivity index (χ4n) is 2.86. The van der Waals surface area contributed by atoms with Crippen LogP contribution >= 0.6 is 11.3 Å². The molecule has 0 bridgehead atoms. The number of hydrogen-bond acceptors (Lipinski definition) is 6. The van der Waals surface area contributed by atoms with E-state index in [-0.39, 0.29) is 0 Å². The number of anilines is 1. The van der Waals surface area contributed by atoms with Gasteiger partial charge in [-0.05, 0) is 19.9 Å². The van der Waals surface area contributed by atoms with Crippen LogP contribution in [0.1, 0.15) is 11.8 Å². The maximum Gasteiger partial charge on any atom is 0.418 e. The Hall–Kier alpha value is -1.45. The van der Waals surface area contributed by atoms with Crippen molar-refractivity contribution in [2.45, 2.75) is 25.6 Å². The third kappa shape index (κ3) is 3.33. The molecule has 1 saturated heterocycles. The molecule has 2 aromatic rings. The maximum absolute atomic E-state index is 12.8. The molecule has 1 aliphatic rings. The van der Waals surface area contributed by atoms with Crippen molar-refractivity contribution in [2.75, 3.05) is 37.6 Å². The lowest BCUT2D eigenvalue weighted by molar-refractivity contribution is -0.257. The minimum atomic E-state index is -4.63. The van der Waals surface area contributed by atoms with Gasteiger partial charge >= 0.3 is 6.18 Å². The molecule has 9 heteroatoms. The Kier molecular flexibility index (Phi) is 4.43. The number of nitrogens with zero attached hydrogens (tertiary/aromatic N) is 4. The van der Waals surface area contributed by atoms with Crippen LogP contribution in [0.2, 0.25) is 0 Å². The summed E-state index contributed by atoms with van der Waals surface area (Å²) in [5.74, 6) is 0.826. The Balaban J connectivity index is 1.69. The van der Waals surface area contributed by atoms with E-state index in [2.05, 4.69) is 14.9 Å². The average molecular weight is 360 g/mol. The fourth-order valence-corrected chi connectivity index (χ4v) is 3.70. The summed E-state index contributed by atoms with van der Waals surface area (Å²) < 4.78 is 38.4. The van der Waals surface area contributed by atoms with Crippen molar-refractivity contribution in [3.05, 3.63) is 17.3 Å². The molecule has 0 aliphatic carbocycles. The van der Waals surface area contributed by atoms with E-state index in [1.807, 2.05) is 13.0 Å². The topological polar surface area (TPSA) is 52.5 Å². The highest BCUT2D eigenvalue weighted by molar-refractivity contribution is 7.18. The summed E-state index contributed by atoms with van der Waals surface area (Å²) in [5.41, 5.74) is -2.69. The smallest absolute Gasteiger partial charge is 0.380 e. The van der Waals surface area contributed by atoms with Crippen molar-refractivity contribution < 1.29 is 18.3 Å². The number of fused-ring (bicyclic) bond motifs is 1. The first-order valence-electron chi connectivity index (χ1n) is 7.65. The molecule has 3 rings (SSSR count). The number of thiophene rings is 1. The number of halogens is 3. The monoisotopic (exact) mass is 360 g/mol. The number of hydrogen-bond donors (Lipinski definition) is 1. The summed E-state index contributed by atoms with van der Waals surface area (Å²) in [7, 11) is 0. The zero-order chi connectivity index (χ0) is 17.5. The van der Waals surface area contributed by atoms with Gasteiger partial charge in [-0.3, -0.25) is 4.90 Å². The van der Waals surface area contributed by atoms with Crippen molar-refractivity contribution in [2.24, 2.45) is 0 Å². The number of aryl methyl sites for hydroxylation is 1. The Morgan fingerprint density at radius 1 is 1.21 bits per heavy atom. The van der Waals surface area contributed by atoms with Crippen molar-refractivity contribution in [3.63, 3.8) is 0 Å². The molecule has 132 valence electrons. The molecule has 0 aromatic carbocycles. The number of aromatic nitrogens is 2. The standard InChI is InChI=1S/C15H19F3N4OS/c1-10-7-11-12(19-9-20-13(11)24-10)22-5-3-21(4-6-22)8-14(2,23)15(16,17)18/h7,9,23H,3-6,8H2,1-2H3. The van der Waals surface area contributed by atoms with E-state index < -0.39 is 18.3 Å². The lowest BCUT2D eigenvalue weighted by atomic mass is 10.1. The molecule has 2 aromatic heterocycles. The number of aliphatic hydroxyl groups is 1. The predicted octanol–water partition coefficient (Wildman–Crippen LogP) is 2.44. The summed E-state index contributed by atoms with van der Waals surface area (Å²) in [6.45, 7) is 4.43. The van der Waals surface area contributed by atoms with Gasteiger partial charge in [0.05, 0.1) is 5.39 Å². The molecule has 0 amide bonds. The van der Waals surface area contributed by atoms with E-state index in [0.717, 1.165) is 27.8 Å². The summed E-state index contributed by atoms with van der Waals surface area (Å²) in [5, 5.41) is 10.6. The van der Waals surface area contributed by atoms with Crippen LogP contribution in [-0.4, -0.2) is 64.5 Å². The van der Waals surface area contributed by atoms with Crippen molar-refractivity contribution >= 4 is 27.4 Å². The summed E-state index contributed by atoms with van der Waals surface area (Å²) >= 11 is 1.60. The molecule has 3 heterocycles. The molecular weight excluding hydrogens is 341 g/mol. The summed E-state index contributed by atoms with van der Waals surface area (Å²) in [6.07, 6.45) is -3.11. The van der Waals surface area contributed by atoms with Gasteiger partial charge in [-0.25, -0.2) is 9.97 Å². The highest BCUT2D eigenvalue weighted by Gasteiger charge is 2.50. The van der Waals surface area contributed by atoms with E-state index in [0.29, 0.717) is 26.2 Å². The largest absolute Gasteiger partial charge is 0.418 e. The van der Waals surface area contributed by atoms with Crippen molar-refractivity contribution in [1.82, 2.24) is 14.9 Å². The maximum atomic E-state index is 12.8. The van der Waals surface area contributed by atoms with Gasteiger partial charge in [0.1, 0.15) is 17.0 Å². The molecule has 1 fully saturated rings. The predicted molar refractivity (Wildman–Crippen MR) is 87.5 cm³/mol. The van der Waals surface area contributed by atoms with E-state index in [1.165, 1.54) is 6.33 Å². The zero-order valence-corrected chi connectivity index (χ0v) is 14.3. The minimum Gasteiger partial charge on any atom is -0.380 e.